The van der Waals surface area contributed by atoms with Crippen LogP contribution >= 0.6 is 0 Å². The quantitative estimate of drug-likeness (QED) is 0.259. The molecule has 1 aliphatic carbocycles. The molecule has 4 saturated heterocycles. The van der Waals surface area contributed by atoms with Gasteiger partial charge in [0, 0.05) is 38.2 Å². The molecule has 12 atom stereocenters. The predicted molar refractivity (Wildman–Crippen MR) is 149 cm³/mol. The van der Waals surface area contributed by atoms with E-state index < -0.39 is 47.2 Å². The molecule has 3 N–H and O–H groups in total. The Bertz CT molecular complexity index is 1120. The van der Waals surface area contributed by atoms with Gasteiger partial charge in [0.15, 0.2) is 5.79 Å². The summed E-state index contributed by atoms with van der Waals surface area (Å²) in [6.45, 7) is 8.17. The fraction of sp³-hybridized carbons (Fsp3) is 0.781. The maximum atomic E-state index is 13.9. The highest BCUT2D eigenvalue weighted by atomic mass is 16.7. The van der Waals surface area contributed by atoms with Crippen LogP contribution in [-0.2, 0) is 28.5 Å². The topological polar surface area (TPSA) is 127 Å². The lowest BCUT2D eigenvalue weighted by Crippen LogP contribution is -2.58. The molecule has 0 radical (unpaired) electrons. The molecule has 5 aliphatic heterocycles. The molecule has 41 heavy (non-hydrogen) atoms. The molecule has 0 aromatic rings. The number of fused-ring (bicyclic) bond motifs is 3. The molecule has 6 rings (SSSR count). The molecule has 9 nitrogen and oxygen atoms in total. The number of aliphatic hydroxyl groups is 3. The van der Waals surface area contributed by atoms with Gasteiger partial charge >= 0.3 is 5.97 Å². The molecule has 6 aliphatic rings. The van der Waals surface area contributed by atoms with E-state index in [0.717, 1.165) is 19.3 Å². The fourth-order valence-electron chi connectivity index (χ4n) is 7.92. The molecular formula is C32H46O9. The van der Waals surface area contributed by atoms with Crippen LogP contribution in [0, 0.1) is 17.8 Å². The Balaban J connectivity index is 1.36. The van der Waals surface area contributed by atoms with Crippen molar-refractivity contribution >= 4 is 5.97 Å². The molecule has 228 valence electrons. The normalized spacial score (nSPS) is 52.0. The Hall–Kier alpha value is -1.59. The molecule has 0 aromatic heterocycles. The zero-order valence-corrected chi connectivity index (χ0v) is 24.7. The van der Waals surface area contributed by atoms with Crippen molar-refractivity contribution in [2.24, 2.45) is 17.8 Å². The number of ether oxygens (including phenoxy) is 5. The predicted octanol–water partition coefficient (Wildman–Crippen LogP) is 3.11. The summed E-state index contributed by atoms with van der Waals surface area (Å²) < 4.78 is 31.7. The van der Waals surface area contributed by atoms with Crippen molar-refractivity contribution in [2.75, 3.05) is 13.2 Å². The van der Waals surface area contributed by atoms with Gasteiger partial charge in [-0.2, -0.15) is 0 Å². The first-order chi connectivity index (χ1) is 19.5. The monoisotopic (exact) mass is 574 g/mol. The molecule has 1 unspecified atom stereocenters. The maximum absolute atomic E-state index is 13.9. The second-order valence-corrected chi connectivity index (χ2v) is 13.5. The minimum Gasteiger partial charge on any atom is -0.462 e. The van der Waals surface area contributed by atoms with Gasteiger partial charge in [-0.3, -0.25) is 4.79 Å². The number of aliphatic hydroxyl groups excluding tert-OH is 2. The van der Waals surface area contributed by atoms with E-state index in [-0.39, 0.29) is 37.4 Å². The number of hydrogen-bond acceptors (Lipinski definition) is 9. The molecule has 1 spiro atoms. The number of esters is 1. The Labute approximate surface area is 242 Å². The van der Waals surface area contributed by atoms with Crippen molar-refractivity contribution in [3.05, 3.63) is 35.5 Å². The van der Waals surface area contributed by atoms with Gasteiger partial charge in [-0.05, 0) is 50.2 Å². The van der Waals surface area contributed by atoms with E-state index in [1.54, 1.807) is 25.2 Å². The highest BCUT2D eigenvalue weighted by Crippen LogP contribution is 2.50. The second kappa shape index (κ2) is 10.8. The number of allylic oxidation sites excluding steroid dienone is 2. The summed E-state index contributed by atoms with van der Waals surface area (Å²) in [5, 5.41) is 33.1. The highest BCUT2D eigenvalue weighted by Gasteiger charge is 2.60. The van der Waals surface area contributed by atoms with Crippen LogP contribution in [0.15, 0.2) is 35.5 Å². The molecular weight excluding hydrogens is 528 g/mol. The highest BCUT2D eigenvalue weighted by molar-refractivity contribution is 5.78. The van der Waals surface area contributed by atoms with Crippen LogP contribution in [-0.4, -0.2) is 88.1 Å². The van der Waals surface area contributed by atoms with Crippen LogP contribution < -0.4 is 0 Å². The molecule has 5 heterocycles. The van der Waals surface area contributed by atoms with E-state index in [0.29, 0.717) is 42.7 Å². The van der Waals surface area contributed by atoms with Crippen LogP contribution in [0.4, 0.5) is 0 Å². The van der Waals surface area contributed by atoms with E-state index in [2.05, 4.69) is 20.8 Å². The van der Waals surface area contributed by atoms with Gasteiger partial charge in [-0.1, -0.05) is 38.2 Å². The summed E-state index contributed by atoms with van der Waals surface area (Å²) in [4.78, 5) is 13.9. The minimum absolute atomic E-state index is 0.0308. The fourth-order valence-corrected chi connectivity index (χ4v) is 7.92. The molecule has 0 saturated carbocycles. The molecule has 0 amide bonds. The van der Waals surface area contributed by atoms with Crippen molar-refractivity contribution in [1.29, 1.82) is 0 Å². The first-order valence-corrected chi connectivity index (χ1v) is 15.4. The molecule has 4 fully saturated rings. The lowest BCUT2D eigenvalue weighted by atomic mass is 9.71. The third kappa shape index (κ3) is 5.26. The summed E-state index contributed by atoms with van der Waals surface area (Å²) in [6, 6.07) is 0. The average molecular weight is 575 g/mol. The summed E-state index contributed by atoms with van der Waals surface area (Å²) >= 11 is 0. The molecule has 0 aromatic carbocycles. The smallest absolute Gasteiger partial charge is 0.316 e. The largest absolute Gasteiger partial charge is 0.462 e. The first-order valence-electron chi connectivity index (χ1n) is 15.4. The summed E-state index contributed by atoms with van der Waals surface area (Å²) in [7, 11) is 0. The Morgan fingerprint density at radius 2 is 1.93 bits per heavy atom. The SMILES string of the molecule is CCC1O[C@]2(CC[C@@H]1C)C[C@@H]1C[C@@H](C[C@H]3O[C@@]3(C)C[C@@H](CO)/C=C/C=C3\CO[C@@H]4[C@H](O)C(C)=C[C@@H](C(=O)O1)[C@]34O)O2. The van der Waals surface area contributed by atoms with Crippen molar-refractivity contribution in [2.45, 2.75) is 126 Å². The number of epoxide rings is 1. The Morgan fingerprint density at radius 3 is 2.68 bits per heavy atom. The maximum Gasteiger partial charge on any atom is 0.316 e. The van der Waals surface area contributed by atoms with Gasteiger partial charge in [0.2, 0.25) is 0 Å². The van der Waals surface area contributed by atoms with Crippen molar-refractivity contribution in [1.82, 2.24) is 0 Å². The first kappa shape index (κ1) is 29.5. The van der Waals surface area contributed by atoms with Crippen molar-refractivity contribution in [3.63, 3.8) is 0 Å². The Kier molecular flexibility index (Phi) is 7.80. The van der Waals surface area contributed by atoms with Gasteiger partial charge in [0.1, 0.15) is 29.8 Å². The van der Waals surface area contributed by atoms with Crippen molar-refractivity contribution < 1.29 is 43.8 Å². The number of carbonyl (C=O) groups is 1. The summed E-state index contributed by atoms with van der Waals surface area (Å²) in [6.07, 6.45) is 9.12. The second-order valence-electron chi connectivity index (χ2n) is 13.5. The summed E-state index contributed by atoms with van der Waals surface area (Å²) in [5.74, 6) is -2.16. The standard InChI is InChI=1S/C32H46O9/c1-5-25-18(2)9-10-31(40-25)15-23-12-22(39-31)13-26-30(4,41-26)14-20(16-33)7-6-8-21-17-37-28-27(34)19(3)11-24(29(35)38-23)32(21,28)36/h6-8,11,18,20,22-28,33-34,36H,5,9-10,12-17H2,1-4H3/b7-6+,21-8+/t18-,20-,22-,23-,24-,25?,26+,27+,28+,30-,31+,32+/m0/s1. The van der Waals surface area contributed by atoms with Crippen LogP contribution in [0.1, 0.15) is 72.6 Å². The zero-order chi connectivity index (χ0) is 29.2. The van der Waals surface area contributed by atoms with E-state index in [1.807, 2.05) is 6.08 Å². The number of rotatable bonds is 2. The van der Waals surface area contributed by atoms with Gasteiger partial charge < -0.3 is 39.0 Å². The van der Waals surface area contributed by atoms with E-state index >= 15 is 0 Å². The lowest BCUT2D eigenvalue weighted by molar-refractivity contribution is -0.336. The van der Waals surface area contributed by atoms with Crippen LogP contribution in [0.3, 0.4) is 0 Å². The van der Waals surface area contributed by atoms with Crippen LogP contribution in [0.5, 0.6) is 0 Å². The van der Waals surface area contributed by atoms with Gasteiger partial charge in [-0.25, -0.2) is 0 Å². The van der Waals surface area contributed by atoms with Gasteiger partial charge in [0.05, 0.1) is 30.5 Å². The van der Waals surface area contributed by atoms with Crippen molar-refractivity contribution in [3.8, 4) is 0 Å². The third-order valence-corrected chi connectivity index (χ3v) is 10.5. The van der Waals surface area contributed by atoms with Crippen LogP contribution in [0.25, 0.3) is 0 Å². The number of carbonyl (C=O) groups excluding carboxylic acids is 1. The van der Waals surface area contributed by atoms with Gasteiger partial charge in [-0.15, -0.1) is 0 Å². The zero-order valence-electron chi connectivity index (χ0n) is 24.7. The van der Waals surface area contributed by atoms with E-state index in [4.69, 9.17) is 23.7 Å². The Morgan fingerprint density at radius 1 is 1.12 bits per heavy atom. The number of hydrogen-bond donors (Lipinski definition) is 3. The average Bonchev–Trinajstić information content (AvgIpc) is 3.42. The minimum atomic E-state index is -1.75. The lowest BCUT2D eigenvalue weighted by Gasteiger charge is -2.50. The van der Waals surface area contributed by atoms with E-state index in [1.165, 1.54) is 0 Å². The summed E-state index contributed by atoms with van der Waals surface area (Å²) in [5.41, 5.74) is -1.09. The molecule has 2 bridgehead atoms. The van der Waals surface area contributed by atoms with E-state index in [9.17, 15) is 20.1 Å². The van der Waals surface area contributed by atoms with Crippen LogP contribution in [0.2, 0.25) is 0 Å². The third-order valence-electron chi connectivity index (χ3n) is 10.5. The molecule has 9 heteroatoms. The van der Waals surface area contributed by atoms with Gasteiger partial charge in [0.25, 0.3) is 0 Å².